The smallest absolute Gasteiger partial charge is 0.0605 e. The number of nitrogens with zero attached hydrogens (tertiary/aromatic N) is 1. The second-order valence-corrected chi connectivity index (χ2v) is 7.60. The third-order valence-corrected chi connectivity index (χ3v) is 6.48. The zero-order valence-electron chi connectivity index (χ0n) is 12.5. The summed E-state index contributed by atoms with van der Waals surface area (Å²) in [6.45, 7) is 1.15. The first-order chi connectivity index (χ1) is 9.83. The van der Waals surface area contributed by atoms with Crippen LogP contribution in [0.3, 0.4) is 0 Å². The van der Waals surface area contributed by atoms with Crippen molar-refractivity contribution in [2.45, 2.75) is 62.2 Å². The van der Waals surface area contributed by atoms with Gasteiger partial charge in [-0.25, -0.2) is 0 Å². The number of fused-ring (bicyclic) bond motifs is 1. The third-order valence-electron chi connectivity index (χ3n) is 5.06. The van der Waals surface area contributed by atoms with Gasteiger partial charge in [-0.2, -0.15) is 11.8 Å². The Morgan fingerprint density at radius 3 is 2.95 bits per heavy atom. The second-order valence-electron chi connectivity index (χ2n) is 6.32. The van der Waals surface area contributed by atoms with Crippen molar-refractivity contribution in [3.63, 3.8) is 0 Å². The molecule has 1 atom stereocenters. The molecule has 1 saturated carbocycles. The number of aryl methyl sites for hydroxylation is 1. The summed E-state index contributed by atoms with van der Waals surface area (Å²) in [5, 5.41) is 3.86. The van der Waals surface area contributed by atoms with Gasteiger partial charge in [-0.1, -0.05) is 25.3 Å². The van der Waals surface area contributed by atoms with Crippen LogP contribution in [0.5, 0.6) is 0 Å². The maximum absolute atomic E-state index is 4.64. The molecule has 110 valence electrons. The van der Waals surface area contributed by atoms with Crippen molar-refractivity contribution in [1.29, 1.82) is 0 Å². The highest BCUT2D eigenvalue weighted by atomic mass is 32.2. The Labute approximate surface area is 127 Å². The van der Waals surface area contributed by atoms with Crippen LogP contribution in [-0.4, -0.2) is 22.5 Å². The predicted octanol–water partition coefficient (Wildman–Crippen LogP) is 4.11. The van der Waals surface area contributed by atoms with Crippen molar-refractivity contribution in [2.24, 2.45) is 0 Å². The lowest BCUT2D eigenvalue weighted by atomic mass is 9.87. The van der Waals surface area contributed by atoms with Crippen molar-refractivity contribution in [1.82, 2.24) is 10.3 Å². The van der Waals surface area contributed by atoms with Gasteiger partial charge in [-0.15, -0.1) is 0 Å². The van der Waals surface area contributed by atoms with E-state index in [-0.39, 0.29) is 0 Å². The van der Waals surface area contributed by atoms with Crippen LogP contribution in [-0.2, 0) is 6.42 Å². The largest absolute Gasteiger partial charge is 0.307 e. The molecule has 1 aromatic rings. The highest BCUT2D eigenvalue weighted by Crippen LogP contribution is 2.39. The molecule has 2 nitrogen and oxygen atoms in total. The van der Waals surface area contributed by atoms with Crippen LogP contribution in [0.1, 0.15) is 62.2 Å². The van der Waals surface area contributed by atoms with Gasteiger partial charge < -0.3 is 5.32 Å². The molecule has 1 heterocycles. The van der Waals surface area contributed by atoms with E-state index in [1.165, 1.54) is 62.6 Å². The number of hydrogen-bond donors (Lipinski definition) is 1. The highest BCUT2D eigenvalue weighted by molar-refractivity contribution is 8.00. The average Bonchev–Trinajstić information content (AvgIpc) is 2.54. The Morgan fingerprint density at radius 1 is 1.30 bits per heavy atom. The van der Waals surface area contributed by atoms with Gasteiger partial charge in [-0.3, -0.25) is 4.98 Å². The van der Waals surface area contributed by atoms with Crippen molar-refractivity contribution >= 4 is 11.8 Å². The van der Waals surface area contributed by atoms with Gasteiger partial charge in [0.25, 0.3) is 0 Å². The minimum Gasteiger partial charge on any atom is -0.307 e. The topological polar surface area (TPSA) is 24.9 Å². The number of pyridine rings is 1. The van der Waals surface area contributed by atoms with E-state index in [0.29, 0.717) is 10.8 Å². The van der Waals surface area contributed by atoms with Crippen molar-refractivity contribution in [3.8, 4) is 0 Å². The van der Waals surface area contributed by atoms with Crippen molar-refractivity contribution in [3.05, 3.63) is 29.6 Å². The average molecular weight is 290 g/mol. The molecular formula is C17H26N2S. The first-order valence-electron chi connectivity index (χ1n) is 8.05. The summed E-state index contributed by atoms with van der Waals surface area (Å²) < 4.78 is 0.477. The van der Waals surface area contributed by atoms with Crippen molar-refractivity contribution in [2.75, 3.05) is 12.8 Å². The number of thioether (sulfide) groups is 1. The molecule has 1 aromatic heterocycles. The zero-order valence-corrected chi connectivity index (χ0v) is 13.3. The fourth-order valence-electron chi connectivity index (χ4n) is 3.77. The quantitative estimate of drug-likeness (QED) is 0.903. The van der Waals surface area contributed by atoms with Gasteiger partial charge in [0.15, 0.2) is 0 Å². The maximum atomic E-state index is 4.64. The molecule has 0 aliphatic heterocycles. The summed E-state index contributed by atoms with van der Waals surface area (Å²) in [5.74, 6) is 0. The van der Waals surface area contributed by atoms with E-state index in [0.717, 1.165) is 6.54 Å². The zero-order chi connectivity index (χ0) is 13.8. The molecule has 2 aliphatic rings. The molecule has 1 fully saturated rings. The molecule has 0 saturated heterocycles. The molecule has 0 radical (unpaired) electrons. The van der Waals surface area contributed by atoms with E-state index in [9.17, 15) is 0 Å². The van der Waals surface area contributed by atoms with Crippen LogP contribution in [0.15, 0.2) is 18.3 Å². The minimum atomic E-state index is 0.477. The molecule has 1 unspecified atom stereocenters. The van der Waals surface area contributed by atoms with E-state index < -0.39 is 0 Å². The van der Waals surface area contributed by atoms with Crippen LogP contribution in [0.4, 0.5) is 0 Å². The summed E-state index contributed by atoms with van der Waals surface area (Å²) in [6, 6.07) is 4.80. The van der Waals surface area contributed by atoms with Crippen LogP contribution in [0.25, 0.3) is 0 Å². The van der Waals surface area contributed by atoms with E-state index in [1.807, 2.05) is 6.20 Å². The Bertz CT molecular complexity index is 440. The summed E-state index contributed by atoms with van der Waals surface area (Å²) in [5.41, 5.74) is 2.77. The van der Waals surface area contributed by atoms with Gasteiger partial charge >= 0.3 is 0 Å². The van der Waals surface area contributed by atoms with E-state index in [4.69, 9.17) is 0 Å². The molecule has 0 bridgehead atoms. The molecule has 3 rings (SSSR count). The van der Waals surface area contributed by atoms with Crippen molar-refractivity contribution < 1.29 is 0 Å². The maximum Gasteiger partial charge on any atom is 0.0605 e. The molecule has 0 spiro atoms. The van der Waals surface area contributed by atoms with E-state index >= 15 is 0 Å². The summed E-state index contributed by atoms with van der Waals surface area (Å²) in [7, 11) is 0. The Hall–Kier alpha value is -0.540. The predicted molar refractivity (Wildman–Crippen MR) is 87.2 cm³/mol. The lowest BCUT2D eigenvalue weighted by Crippen LogP contribution is -2.41. The van der Waals surface area contributed by atoms with E-state index in [2.05, 4.69) is 40.5 Å². The minimum absolute atomic E-state index is 0.477. The Balaban J connectivity index is 1.66. The van der Waals surface area contributed by atoms with Gasteiger partial charge in [0.1, 0.15) is 0 Å². The Morgan fingerprint density at radius 2 is 2.15 bits per heavy atom. The first-order valence-corrected chi connectivity index (χ1v) is 9.28. The number of hydrogen-bond acceptors (Lipinski definition) is 3. The number of aromatic nitrogens is 1. The van der Waals surface area contributed by atoms with Gasteiger partial charge in [0.05, 0.1) is 5.69 Å². The fourth-order valence-corrected chi connectivity index (χ4v) is 4.69. The monoisotopic (exact) mass is 290 g/mol. The van der Waals surface area contributed by atoms with Crippen LogP contribution in [0, 0.1) is 0 Å². The standard InChI is InChI=1S/C17H26N2S/c1-20-17(10-3-2-4-11-17)13-19-15-9-5-7-14-8-6-12-18-16(14)15/h6,8,12,15,19H,2-5,7,9-11,13H2,1H3. The SMILES string of the molecule is CSC1(CNC2CCCc3cccnc32)CCCCC1. The number of rotatable bonds is 4. The third kappa shape index (κ3) is 3.04. The normalized spacial score (nSPS) is 25.1. The van der Waals surface area contributed by atoms with E-state index in [1.54, 1.807) is 0 Å². The van der Waals surface area contributed by atoms with Gasteiger partial charge in [-0.05, 0) is 50.0 Å². The molecule has 20 heavy (non-hydrogen) atoms. The highest BCUT2D eigenvalue weighted by Gasteiger charge is 2.32. The second kappa shape index (κ2) is 6.48. The lowest BCUT2D eigenvalue weighted by Gasteiger charge is -2.38. The van der Waals surface area contributed by atoms with Crippen LogP contribution in [0.2, 0.25) is 0 Å². The number of nitrogens with one attached hydrogen (secondary N) is 1. The fraction of sp³-hybridized carbons (Fsp3) is 0.706. The molecule has 0 aromatic carbocycles. The van der Waals surface area contributed by atoms with Gasteiger partial charge in [0.2, 0.25) is 0 Å². The summed E-state index contributed by atoms with van der Waals surface area (Å²) in [6.07, 6.45) is 15.0. The van der Waals surface area contributed by atoms with Crippen LogP contribution >= 0.6 is 11.8 Å². The lowest BCUT2D eigenvalue weighted by molar-refractivity contribution is 0.348. The summed E-state index contributed by atoms with van der Waals surface area (Å²) in [4.78, 5) is 4.64. The van der Waals surface area contributed by atoms with Crippen LogP contribution < -0.4 is 5.32 Å². The molecule has 1 N–H and O–H groups in total. The first kappa shape index (κ1) is 14.4. The molecular weight excluding hydrogens is 264 g/mol. The molecule has 0 amide bonds. The molecule has 3 heteroatoms. The van der Waals surface area contributed by atoms with Gasteiger partial charge in [0, 0.05) is 23.5 Å². The molecule has 2 aliphatic carbocycles. The Kier molecular flexibility index (Phi) is 4.67. The summed E-state index contributed by atoms with van der Waals surface area (Å²) >= 11 is 2.08.